The summed E-state index contributed by atoms with van der Waals surface area (Å²) in [5.74, 6) is 0.354. The Morgan fingerprint density at radius 3 is 2.68 bits per heavy atom. The van der Waals surface area contributed by atoms with E-state index in [9.17, 15) is 18.7 Å². The van der Waals surface area contributed by atoms with Crippen molar-refractivity contribution < 1.29 is 23.4 Å². The van der Waals surface area contributed by atoms with Crippen molar-refractivity contribution in [2.24, 2.45) is 0 Å². The quantitative estimate of drug-likeness (QED) is 0.881. The molecule has 0 aliphatic carbocycles. The van der Waals surface area contributed by atoms with E-state index in [0.717, 1.165) is 24.6 Å². The fraction of sp³-hybridized carbons (Fsp3) is 0.294. The van der Waals surface area contributed by atoms with Gasteiger partial charge in [-0.2, -0.15) is 8.78 Å². The highest BCUT2D eigenvalue weighted by Crippen LogP contribution is 2.33. The number of urea groups is 1. The monoisotopic (exact) mass is 349 g/mol. The molecule has 2 amide bonds. The predicted molar refractivity (Wildman–Crippen MR) is 86.7 cm³/mol. The minimum atomic E-state index is -2.92. The number of rotatable bonds is 4. The maximum atomic E-state index is 12.5. The number of phenols is 1. The molecule has 1 atom stereocenters. The van der Waals surface area contributed by atoms with Crippen molar-refractivity contribution in [2.75, 3.05) is 11.9 Å². The highest BCUT2D eigenvalue weighted by Gasteiger charge is 2.30. The number of phenolic OH excluding ortho intramolecular Hbond substituents is 1. The average molecular weight is 349 g/mol. The molecule has 1 fully saturated rings. The highest BCUT2D eigenvalue weighted by molar-refractivity contribution is 5.88. The first-order chi connectivity index (χ1) is 12.0. The summed E-state index contributed by atoms with van der Waals surface area (Å²) < 4.78 is 28.5. The standard InChI is InChI=1S/C17H17F2N3O3/c18-16(19)25-13-7-8-15(20-10-13)21-17(24)22-9-1-2-14(22)11-3-5-12(23)6-4-11/h3-8,10,14,16,23H,1-2,9H2,(H,20,21,24). The Morgan fingerprint density at radius 1 is 1.28 bits per heavy atom. The van der Waals surface area contributed by atoms with Gasteiger partial charge in [0, 0.05) is 6.54 Å². The molecule has 1 aromatic carbocycles. The van der Waals surface area contributed by atoms with E-state index in [-0.39, 0.29) is 29.4 Å². The number of hydrogen-bond donors (Lipinski definition) is 2. The summed E-state index contributed by atoms with van der Waals surface area (Å²) in [6, 6.07) is 9.09. The summed E-state index contributed by atoms with van der Waals surface area (Å²) in [5, 5.41) is 12.0. The number of aromatic hydroxyl groups is 1. The van der Waals surface area contributed by atoms with Gasteiger partial charge in [-0.15, -0.1) is 0 Å². The summed E-state index contributed by atoms with van der Waals surface area (Å²) in [6.07, 6.45) is 2.82. The van der Waals surface area contributed by atoms with Crippen LogP contribution in [0.25, 0.3) is 0 Å². The summed E-state index contributed by atoms with van der Waals surface area (Å²) in [4.78, 5) is 18.1. The number of aromatic nitrogens is 1. The Morgan fingerprint density at radius 2 is 2.04 bits per heavy atom. The van der Waals surface area contributed by atoms with Crippen LogP contribution in [0.3, 0.4) is 0 Å². The van der Waals surface area contributed by atoms with Gasteiger partial charge in [0.15, 0.2) is 0 Å². The van der Waals surface area contributed by atoms with E-state index in [2.05, 4.69) is 15.0 Å². The van der Waals surface area contributed by atoms with Crippen LogP contribution in [0.15, 0.2) is 42.6 Å². The topological polar surface area (TPSA) is 74.7 Å². The zero-order chi connectivity index (χ0) is 17.8. The van der Waals surface area contributed by atoms with Gasteiger partial charge in [-0.1, -0.05) is 12.1 Å². The van der Waals surface area contributed by atoms with Crippen LogP contribution in [0.4, 0.5) is 19.4 Å². The second-order valence-electron chi connectivity index (χ2n) is 5.63. The Bertz CT molecular complexity index is 723. The number of carbonyl (C=O) groups is 1. The lowest BCUT2D eigenvalue weighted by Crippen LogP contribution is -2.34. The number of carbonyl (C=O) groups excluding carboxylic acids is 1. The number of ether oxygens (including phenoxy) is 1. The molecule has 8 heteroatoms. The number of amides is 2. The number of pyridine rings is 1. The van der Waals surface area contributed by atoms with E-state index in [1.54, 1.807) is 29.2 Å². The maximum Gasteiger partial charge on any atom is 0.387 e. The van der Waals surface area contributed by atoms with Crippen LogP contribution in [0.5, 0.6) is 11.5 Å². The highest BCUT2D eigenvalue weighted by atomic mass is 19.3. The number of halogens is 2. The lowest BCUT2D eigenvalue weighted by molar-refractivity contribution is -0.0500. The van der Waals surface area contributed by atoms with Crippen LogP contribution in [0.1, 0.15) is 24.4 Å². The van der Waals surface area contributed by atoms with E-state index in [1.165, 1.54) is 12.1 Å². The SMILES string of the molecule is O=C(Nc1ccc(OC(F)F)cn1)N1CCCC1c1ccc(O)cc1. The van der Waals surface area contributed by atoms with E-state index in [1.807, 2.05) is 0 Å². The van der Waals surface area contributed by atoms with Gasteiger partial charge in [-0.05, 0) is 42.7 Å². The van der Waals surface area contributed by atoms with Crippen molar-refractivity contribution in [3.8, 4) is 11.5 Å². The van der Waals surface area contributed by atoms with E-state index in [4.69, 9.17) is 0 Å². The molecule has 0 saturated carbocycles. The molecule has 1 unspecified atom stereocenters. The first-order valence-corrected chi connectivity index (χ1v) is 7.80. The van der Waals surface area contributed by atoms with Crippen molar-refractivity contribution in [3.63, 3.8) is 0 Å². The van der Waals surface area contributed by atoms with Crippen LogP contribution in [-0.2, 0) is 0 Å². The van der Waals surface area contributed by atoms with Crippen LogP contribution < -0.4 is 10.1 Å². The average Bonchev–Trinajstić information content (AvgIpc) is 3.06. The second kappa shape index (κ2) is 7.33. The summed E-state index contributed by atoms with van der Waals surface area (Å²) in [6.45, 7) is -2.32. The summed E-state index contributed by atoms with van der Waals surface area (Å²) >= 11 is 0. The van der Waals surface area contributed by atoms with Gasteiger partial charge in [0.1, 0.15) is 17.3 Å². The first-order valence-electron chi connectivity index (χ1n) is 7.80. The number of anilines is 1. The Kier molecular flexibility index (Phi) is 4.97. The van der Waals surface area contributed by atoms with Gasteiger partial charge in [0.05, 0.1) is 12.2 Å². The van der Waals surface area contributed by atoms with Gasteiger partial charge in [-0.25, -0.2) is 9.78 Å². The second-order valence-corrected chi connectivity index (χ2v) is 5.63. The lowest BCUT2D eigenvalue weighted by Gasteiger charge is -2.25. The third-order valence-electron chi connectivity index (χ3n) is 3.99. The van der Waals surface area contributed by atoms with Crippen LogP contribution in [-0.4, -0.2) is 34.2 Å². The molecule has 2 heterocycles. The van der Waals surface area contributed by atoms with Crippen molar-refractivity contribution in [1.29, 1.82) is 0 Å². The molecule has 2 N–H and O–H groups in total. The number of alkyl halides is 2. The predicted octanol–water partition coefficient (Wildman–Crippen LogP) is 3.76. The Hall–Kier alpha value is -2.90. The fourth-order valence-electron chi connectivity index (χ4n) is 2.86. The molecule has 6 nitrogen and oxygen atoms in total. The molecule has 2 aromatic rings. The van der Waals surface area contributed by atoms with Crippen molar-refractivity contribution in [3.05, 3.63) is 48.2 Å². The van der Waals surface area contributed by atoms with E-state index < -0.39 is 6.61 Å². The normalized spacial score (nSPS) is 16.9. The number of likely N-dealkylation sites (tertiary alicyclic amines) is 1. The smallest absolute Gasteiger partial charge is 0.387 e. The molecule has 3 rings (SSSR count). The van der Waals surface area contributed by atoms with Crippen molar-refractivity contribution in [1.82, 2.24) is 9.88 Å². The van der Waals surface area contributed by atoms with Crippen molar-refractivity contribution >= 4 is 11.8 Å². The molecular weight excluding hydrogens is 332 g/mol. The van der Waals surface area contributed by atoms with Gasteiger partial charge in [-0.3, -0.25) is 5.32 Å². The first kappa shape index (κ1) is 16.9. The van der Waals surface area contributed by atoms with Gasteiger partial charge in [0.25, 0.3) is 0 Å². The zero-order valence-electron chi connectivity index (χ0n) is 13.2. The molecule has 25 heavy (non-hydrogen) atoms. The number of benzene rings is 1. The van der Waals surface area contributed by atoms with Gasteiger partial charge < -0.3 is 14.7 Å². The molecule has 132 valence electrons. The summed E-state index contributed by atoms with van der Waals surface area (Å²) in [7, 11) is 0. The van der Waals surface area contributed by atoms with Crippen LogP contribution in [0.2, 0.25) is 0 Å². The number of hydrogen-bond acceptors (Lipinski definition) is 4. The molecular formula is C17H17F2N3O3. The molecule has 0 bridgehead atoms. The van der Waals surface area contributed by atoms with E-state index >= 15 is 0 Å². The van der Waals surface area contributed by atoms with Crippen LogP contribution >= 0.6 is 0 Å². The largest absolute Gasteiger partial charge is 0.508 e. The lowest BCUT2D eigenvalue weighted by atomic mass is 10.0. The van der Waals surface area contributed by atoms with Gasteiger partial charge >= 0.3 is 12.6 Å². The molecule has 0 radical (unpaired) electrons. The van der Waals surface area contributed by atoms with E-state index in [0.29, 0.717) is 6.54 Å². The number of nitrogens with zero attached hydrogens (tertiary/aromatic N) is 2. The molecule has 1 aliphatic rings. The molecule has 1 aliphatic heterocycles. The zero-order valence-corrected chi connectivity index (χ0v) is 13.2. The summed E-state index contributed by atoms with van der Waals surface area (Å²) in [5.41, 5.74) is 0.944. The molecule has 1 aromatic heterocycles. The maximum absolute atomic E-state index is 12.5. The van der Waals surface area contributed by atoms with Crippen molar-refractivity contribution in [2.45, 2.75) is 25.5 Å². The Balaban J connectivity index is 1.66. The fourth-order valence-corrected chi connectivity index (χ4v) is 2.86. The Labute approximate surface area is 143 Å². The molecule has 1 saturated heterocycles. The third kappa shape index (κ3) is 4.14. The third-order valence-corrected chi connectivity index (χ3v) is 3.99. The minimum absolute atomic E-state index is 0.0730. The van der Waals surface area contributed by atoms with Crippen LogP contribution in [0, 0.1) is 0 Å². The van der Waals surface area contributed by atoms with Gasteiger partial charge in [0.2, 0.25) is 0 Å². The molecule has 0 spiro atoms. The number of nitrogens with one attached hydrogen (secondary N) is 1. The minimum Gasteiger partial charge on any atom is -0.508 e.